The van der Waals surface area contributed by atoms with Crippen molar-refractivity contribution in [1.82, 2.24) is 10.0 Å². The molecule has 0 radical (unpaired) electrons. The number of hydrogen-bond acceptors (Lipinski definition) is 5. The lowest BCUT2D eigenvalue weighted by molar-refractivity contribution is -0.242. The van der Waals surface area contributed by atoms with Crippen LogP contribution in [0.2, 0.25) is 0 Å². The molecule has 1 aliphatic heterocycles. The molecular formula is C21H22N2O5. The van der Waals surface area contributed by atoms with Gasteiger partial charge in [-0.15, -0.1) is 0 Å². The highest BCUT2D eigenvalue weighted by atomic mass is 17.2. The quantitative estimate of drug-likeness (QED) is 0.599. The third-order valence-corrected chi connectivity index (χ3v) is 4.41. The Morgan fingerprint density at radius 3 is 2.07 bits per heavy atom. The minimum Gasteiger partial charge on any atom is -0.267 e. The van der Waals surface area contributed by atoms with Gasteiger partial charge in [-0.25, -0.2) is 29.4 Å². The van der Waals surface area contributed by atoms with Gasteiger partial charge in [0.05, 0.1) is 6.42 Å². The van der Waals surface area contributed by atoms with Crippen LogP contribution in [-0.2, 0) is 21.0 Å². The molecule has 0 bridgehead atoms. The maximum atomic E-state index is 12.7. The van der Waals surface area contributed by atoms with Crippen molar-refractivity contribution in [3.63, 3.8) is 0 Å². The number of carbonyl (C=O) groups is 3. The first kappa shape index (κ1) is 19.4. The van der Waals surface area contributed by atoms with Gasteiger partial charge >= 0.3 is 12.1 Å². The molecule has 1 heterocycles. The number of nitrogens with zero attached hydrogens (tertiary/aromatic N) is 2. The monoisotopic (exact) mass is 382 g/mol. The first-order valence-corrected chi connectivity index (χ1v) is 9.25. The molecule has 2 amide bonds. The summed E-state index contributed by atoms with van der Waals surface area (Å²) < 4.78 is 0. The third kappa shape index (κ3) is 5.09. The molecule has 0 spiro atoms. The van der Waals surface area contributed by atoms with E-state index < -0.39 is 12.1 Å². The van der Waals surface area contributed by atoms with E-state index in [0.29, 0.717) is 25.1 Å². The standard InChI is InChI=1S/C21H22N2O5/c24-19(14-13-17-9-3-1-4-10-17)27-28-21(26)23-16-8-7-15-22(23)20(25)18-11-5-2-6-12-18/h1-6,9-12H,7-8,13-16H2. The lowest BCUT2D eigenvalue weighted by atomic mass is 10.1. The molecule has 28 heavy (non-hydrogen) atoms. The summed E-state index contributed by atoms with van der Waals surface area (Å²) >= 11 is 0. The van der Waals surface area contributed by atoms with Crippen molar-refractivity contribution in [2.24, 2.45) is 0 Å². The fourth-order valence-corrected chi connectivity index (χ4v) is 2.95. The lowest BCUT2D eigenvalue weighted by Gasteiger charge is -2.36. The Kier molecular flexibility index (Phi) is 6.62. The highest BCUT2D eigenvalue weighted by molar-refractivity contribution is 5.95. The first-order valence-electron chi connectivity index (χ1n) is 9.25. The second-order valence-electron chi connectivity index (χ2n) is 6.41. The van der Waals surface area contributed by atoms with Gasteiger partial charge in [0, 0.05) is 18.7 Å². The van der Waals surface area contributed by atoms with Crippen LogP contribution in [0.3, 0.4) is 0 Å². The van der Waals surface area contributed by atoms with E-state index >= 15 is 0 Å². The summed E-state index contributed by atoms with van der Waals surface area (Å²) in [4.78, 5) is 46.2. The Hall–Kier alpha value is -3.35. The summed E-state index contributed by atoms with van der Waals surface area (Å²) in [6, 6.07) is 18.2. The molecule has 3 rings (SSSR count). The Bertz CT molecular complexity index is 810. The van der Waals surface area contributed by atoms with E-state index in [9.17, 15) is 14.4 Å². The number of hydrazine groups is 1. The lowest BCUT2D eigenvalue weighted by Crippen LogP contribution is -2.53. The van der Waals surface area contributed by atoms with E-state index in [0.717, 1.165) is 18.4 Å². The zero-order valence-corrected chi connectivity index (χ0v) is 15.5. The van der Waals surface area contributed by atoms with Crippen LogP contribution in [-0.4, -0.2) is 41.1 Å². The molecule has 2 aromatic rings. The second kappa shape index (κ2) is 9.55. The number of aryl methyl sites for hydroxylation is 1. The molecule has 0 N–H and O–H groups in total. The zero-order chi connectivity index (χ0) is 19.8. The van der Waals surface area contributed by atoms with Crippen LogP contribution in [0, 0.1) is 0 Å². The van der Waals surface area contributed by atoms with Crippen molar-refractivity contribution < 1.29 is 24.2 Å². The van der Waals surface area contributed by atoms with Crippen LogP contribution in [0.1, 0.15) is 35.2 Å². The number of carbonyl (C=O) groups excluding carboxylic acids is 3. The molecular weight excluding hydrogens is 360 g/mol. The molecule has 1 saturated heterocycles. The molecule has 2 aromatic carbocycles. The maximum Gasteiger partial charge on any atom is 0.471 e. The van der Waals surface area contributed by atoms with Crippen LogP contribution >= 0.6 is 0 Å². The summed E-state index contributed by atoms with van der Waals surface area (Å²) in [5.74, 6) is -0.942. The highest BCUT2D eigenvalue weighted by Gasteiger charge is 2.31. The average Bonchev–Trinajstić information content (AvgIpc) is 2.77. The topological polar surface area (TPSA) is 76.2 Å². The largest absolute Gasteiger partial charge is 0.471 e. The minimum atomic E-state index is -0.878. The predicted molar refractivity (Wildman–Crippen MR) is 101 cm³/mol. The first-order chi connectivity index (χ1) is 13.6. The Balaban J connectivity index is 1.53. The molecule has 0 atom stereocenters. The van der Waals surface area contributed by atoms with Crippen LogP contribution in [0.25, 0.3) is 0 Å². The van der Waals surface area contributed by atoms with Crippen molar-refractivity contribution in [2.75, 3.05) is 13.1 Å². The van der Waals surface area contributed by atoms with Gasteiger partial charge in [-0.2, -0.15) is 0 Å². The van der Waals surface area contributed by atoms with E-state index in [1.807, 2.05) is 36.4 Å². The van der Waals surface area contributed by atoms with E-state index in [1.54, 1.807) is 24.3 Å². The molecule has 0 aromatic heterocycles. The fourth-order valence-electron chi connectivity index (χ4n) is 2.95. The van der Waals surface area contributed by atoms with Crippen molar-refractivity contribution in [2.45, 2.75) is 25.7 Å². The zero-order valence-electron chi connectivity index (χ0n) is 15.5. The molecule has 146 valence electrons. The van der Waals surface area contributed by atoms with Gasteiger partial charge in [0.25, 0.3) is 5.91 Å². The van der Waals surface area contributed by atoms with Gasteiger partial charge in [0.1, 0.15) is 0 Å². The van der Waals surface area contributed by atoms with Gasteiger partial charge in [-0.3, -0.25) is 4.79 Å². The number of benzene rings is 2. The number of rotatable bonds is 4. The van der Waals surface area contributed by atoms with Gasteiger partial charge in [0.15, 0.2) is 0 Å². The highest BCUT2D eigenvalue weighted by Crippen LogP contribution is 2.16. The summed E-state index contributed by atoms with van der Waals surface area (Å²) in [5, 5.41) is 2.52. The fraction of sp³-hybridized carbons (Fsp3) is 0.286. The van der Waals surface area contributed by atoms with Crippen molar-refractivity contribution >= 4 is 18.0 Å². The summed E-state index contributed by atoms with van der Waals surface area (Å²) in [6.45, 7) is 0.712. The molecule has 1 aliphatic rings. The van der Waals surface area contributed by atoms with Gasteiger partial charge in [-0.05, 0) is 37.0 Å². The van der Waals surface area contributed by atoms with Crippen molar-refractivity contribution in [3.8, 4) is 0 Å². The van der Waals surface area contributed by atoms with Gasteiger partial charge < -0.3 is 0 Å². The maximum absolute atomic E-state index is 12.7. The average molecular weight is 382 g/mol. The van der Waals surface area contributed by atoms with E-state index in [2.05, 4.69) is 4.89 Å². The Morgan fingerprint density at radius 2 is 1.39 bits per heavy atom. The predicted octanol–water partition coefficient (Wildman–Crippen LogP) is 3.37. The van der Waals surface area contributed by atoms with E-state index in [4.69, 9.17) is 4.89 Å². The van der Waals surface area contributed by atoms with Crippen LogP contribution in [0.4, 0.5) is 4.79 Å². The van der Waals surface area contributed by atoms with Crippen molar-refractivity contribution in [3.05, 3.63) is 71.8 Å². The smallest absolute Gasteiger partial charge is 0.267 e. The third-order valence-electron chi connectivity index (χ3n) is 4.41. The van der Waals surface area contributed by atoms with E-state index in [-0.39, 0.29) is 12.3 Å². The van der Waals surface area contributed by atoms with Crippen LogP contribution < -0.4 is 0 Å². The SMILES string of the molecule is O=C(CCc1ccccc1)OOC(=O)N1CCCCN1C(=O)c1ccccc1. The number of amides is 2. The molecule has 7 nitrogen and oxygen atoms in total. The van der Waals surface area contributed by atoms with E-state index in [1.165, 1.54) is 10.0 Å². The minimum absolute atomic E-state index is 0.0873. The molecule has 0 aliphatic carbocycles. The summed E-state index contributed by atoms with van der Waals surface area (Å²) in [6.07, 6.45) is 1.20. The Labute approximate surface area is 163 Å². The molecule has 0 unspecified atom stereocenters. The van der Waals surface area contributed by atoms with Crippen LogP contribution in [0.15, 0.2) is 60.7 Å². The van der Waals surface area contributed by atoms with Gasteiger partial charge in [0.2, 0.25) is 0 Å². The van der Waals surface area contributed by atoms with Crippen LogP contribution in [0.5, 0.6) is 0 Å². The summed E-state index contributed by atoms with van der Waals surface area (Å²) in [5.41, 5.74) is 1.46. The number of hydrogen-bond donors (Lipinski definition) is 0. The molecule has 0 saturated carbocycles. The summed E-state index contributed by atoms with van der Waals surface area (Å²) in [7, 11) is 0. The Morgan fingerprint density at radius 1 is 0.786 bits per heavy atom. The normalized spacial score (nSPS) is 13.7. The molecule has 1 fully saturated rings. The molecule has 7 heteroatoms. The van der Waals surface area contributed by atoms with Gasteiger partial charge in [-0.1, -0.05) is 48.5 Å². The van der Waals surface area contributed by atoms with Crippen molar-refractivity contribution in [1.29, 1.82) is 0 Å². The second-order valence-corrected chi connectivity index (χ2v) is 6.41.